The van der Waals surface area contributed by atoms with Crippen molar-refractivity contribution in [3.63, 3.8) is 0 Å². The minimum atomic E-state index is -0.353. The van der Waals surface area contributed by atoms with Crippen LogP contribution < -0.4 is 11.1 Å². The second kappa shape index (κ2) is 3.59. The van der Waals surface area contributed by atoms with E-state index in [1.807, 2.05) is 0 Å². The molecule has 0 unspecified atom stereocenters. The van der Waals surface area contributed by atoms with Gasteiger partial charge in [-0.25, -0.2) is 0 Å². The molecule has 3 N–H and O–H groups in total. The number of carbonyl (C=O) groups excluding carboxylic acids is 1. The van der Waals surface area contributed by atoms with Gasteiger partial charge >= 0.3 is 0 Å². The van der Waals surface area contributed by atoms with E-state index in [1.165, 1.54) is 0 Å². The number of carbonyl (C=O) groups is 1. The maximum atomic E-state index is 11.3. The molecule has 1 amide bonds. The highest BCUT2D eigenvalue weighted by atomic mass is 32.1. The molecule has 1 aromatic rings. The molecule has 0 saturated carbocycles. The number of nitrogens with two attached hydrogens (primary N) is 1. The van der Waals surface area contributed by atoms with Crippen LogP contribution in [0.2, 0.25) is 0 Å². The van der Waals surface area contributed by atoms with Crippen molar-refractivity contribution in [2.75, 3.05) is 19.0 Å². The van der Waals surface area contributed by atoms with Gasteiger partial charge in [-0.3, -0.25) is 4.79 Å². The quantitative estimate of drug-likeness (QED) is 0.767. The maximum absolute atomic E-state index is 11.3. The molecule has 0 saturated heterocycles. The molecule has 2 rings (SSSR count). The highest BCUT2D eigenvalue weighted by Crippen LogP contribution is 2.35. The first-order valence-electron chi connectivity index (χ1n) is 4.44. The molecule has 0 aromatic carbocycles. The minimum absolute atomic E-state index is 0.353. The number of fused-ring (bicyclic) bond motifs is 1. The predicted octanol–water partition coefficient (Wildman–Crippen LogP) is 0.961. The fraction of sp³-hybridized carbons (Fsp3) is 0.444. The van der Waals surface area contributed by atoms with Crippen molar-refractivity contribution in [3.8, 4) is 0 Å². The van der Waals surface area contributed by atoms with E-state index >= 15 is 0 Å². The van der Waals surface area contributed by atoms with Gasteiger partial charge in [0, 0.05) is 11.9 Å². The van der Waals surface area contributed by atoms with Gasteiger partial charge in [0.25, 0.3) is 5.91 Å². The van der Waals surface area contributed by atoms with Crippen LogP contribution >= 0.6 is 11.3 Å². The summed E-state index contributed by atoms with van der Waals surface area (Å²) in [6, 6.07) is 0. The zero-order valence-corrected chi connectivity index (χ0v) is 8.74. The van der Waals surface area contributed by atoms with Gasteiger partial charge in [0.05, 0.1) is 18.8 Å². The molecule has 0 spiro atoms. The zero-order chi connectivity index (χ0) is 10.1. The summed E-state index contributed by atoms with van der Waals surface area (Å²) in [5.74, 6) is -0.353. The maximum Gasteiger partial charge on any atom is 0.251 e. The Hall–Kier alpha value is -1.07. The van der Waals surface area contributed by atoms with Gasteiger partial charge in [0.15, 0.2) is 0 Å². The summed E-state index contributed by atoms with van der Waals surface area (Å²) in [6.07, 6.45) is 0.784. The highest BCUT2D eigenvalue weighted by Gasteiger charge is 2.23. The Balaban J connectivity index is 2.53. The average Bonchev–Trinajstić information content (AvgIpc) is 2.55. The van der Waals surface area contributed by atoms with Crippen LogP contribution in [0.1, 0.15) is 20.8 Å². The third-order valence-electron chi connectivity index (χ3n) is 2.29. The lowest BCUT2D eigenvalue weighted by atomic mass is 10.1. The Labute approximate surface area is 86.1 Å². The Morgan fingerprint density at radius 2 is 2.43 bits per heavy atom. The lowest BCUT2D eigenvalue weighted by Gasteiger charge is -2.12. The van der Waals surface area contributed by atoms with Crippen LogP contribution in [0.3, 0.4) is 0 Å². The molecule has 4 nitrogen and oxygen atoms in total. The van der Waals surface area contributed by atoms with Crippen molar-refractivity contribution >= 4 is 22.2 Å². The third-order valence-corrected chi connectivity index (χ3v) is 3.52. The molecule has 1 aliphatic rings. The lowest BCUT2D eigenvalue weighted by Crippen LogP contribution is -2.17. The summed E-state index contributed by atoms with van der Waals surface area (Å²) in [5.41, 5.74) is 7.06. The van der Waals surface area contributed by atoms with E-state index in [9.17, 15) is 4.79 Å². The smallest absolute Gasteiger partial charge is 0.251 e. The Kier molecular flexibility index (Phi) is 2.43. The van der Waals surface area contributed by atoms with Crippen molar-refractivity contribution in [2.45, 2.75) is 13.0 Å². The minimum Gasteiger partial charge on any atom is -0.379 e. The van der Waals surface area contributed by atoms with Crippen LogP contribution in [-0.2, 0) is 17.8 Å². The number of thiophene rings is 1. The summed E-state index contributed by atoms with van der Waals surface area (Å²) in [6.45, 7) is 1.27. The number of rotatable bonds is 2. The largest absolute Gasteiger partial charge is 0.379 e. The van der Waals surface area contributed by atoms with E-state index < -0.39 is 0 Å². The Morgan fingerprint density at radius 3 is 3.07 bits per heavy atom. The van der Waals surface area contributed by atoms with Crippen molar-refractivity contribution in [2.24, 2.45) is 5.73 Å². The summed E-state index contributed by atoms with van der Waals surface area (Å²) in [5, 5.41) is 3.85. The lowest BCUT2D eigenvalue weighted by molar-refractivity contribution is 0.0991. The van der Waals surface area contributed by atoms with Gasteiger partial charge in [-0.2, -0.15) is 0 Å². The van der Waals surface area contributed by atoms with E-state index in [1.54, 1.807) is 18.4 Å². The molecule has 0 fully saturated rings. The summed E-state index contributed by atoms with van der Waals surface area (Å²) >= 11 is 1.55. The van der Waals surface area contributed by atoms with E-state index in [4.69, 9.17) is 10.5 Å². The Bertz CT molecular complexity index is 373. The molecular formula is C9H12N2O2S. The van der Waals surface area contributed by atoms with Crippen LogP contribution in [0.5, 0.6) is 0 Å². The van der Waals surface area contributed by atoms with Crippen molar-refractivity contribution in [1.29, 1.82) is 0 Å². The fourth-order valence-electron chi connectivity index (χ4n) is 1.67. The molecule has 1 aliphatic heterocycles. The van der Waals surface area contributed by atoms with Crippen molar-refractivity contribution in [1.82, 2.24) is 0 Å². The van der Waals surface area contributed by atoms with Crippen LogP contribution in [0.15, 0.2) is 0 Å². The van der Waals surface area contributed by atoms with Gasteiger partial charge in [-0.05, 0) is 12.0 Å². The molecule has 1 aromatic heterocycles. The summed E-state index contributed by atoms with van der Waals surface area (Å²) in [7, 11) is 1.80. The van der Waals surface area contributed by atoms with Crippen LogP contribution in [0.25, 0.3) is 0 Å². The third kappa shape index (κ3) is 1.38. The van der Waals surface area contributed by atoms with E-state index in [0.717, 1.165) is 21.9 Å². The number of anilines is 1. The normalized spacial score (nSPS) is 14.9. The molecule has 2 heterocycles. The van der Waals surface area contributed by atoms with E-state index in [0.29, 0.717) is 18.8 Å². The first kappa shape index (κ1) is 9.48. The molecule has 76 valence electrons. The summed E-state index contributed by atoms with van der Waals surface area (Å²) < 4.78 is 5.32. The van der Waals surface area contributed by atoms with Gasteiger partial charge in [-0.1, -0.05) is 0 Å². The number of primary amides is 1. The van der Waals surface area contributed by atoms with E-state index in [2.05, 4.69) is 5.32 Å². The number of hydrogen-bond donors (Lipinski definition) is 2. The summed E-state index contributed by atoms with van der Waals surface area (Å²) in [4.78, 5) is 12.4. The van der Waals surface area contributed by atoms with Crippen molar-refractivity contribution < 1.29 is 9.53 Å². The number of ether oxygens (including phenoxy) is 1. The zero-order valence-electron chi connectivity index (χ0n) is 7.92. The second-order valence-electron chi connectivity index (χ2n) is 3.12. The molecule has 0 aliphatic carbocycles. The number of amides is 1. The average molecular weight is 212 g/mol. The standard InChI is InChI=1S/C9H12N2O2S/c1-11-9-7(8(10)12)5-2-3-13-4-6(5)14-9/h11H,2-4H2,1H3,(H2,10,12). The number of hydrogen-bond acceptors (Lipinski definition) is 4. The van der Waals surface area contributed by atoms with E-state index in [-0.39, 0.29) is 5.91 Å². The first-order chi connectivity index (χ1) is 6.74. The first-order valence-corrected chi connectivity index (χ1v) is 5.25. The second-order valence-corrected chi connectivity index (χ2v) is 4.23. The van der Waals surface area contributed by atoms with Gasteiger partial charge in [0.2, 0.25) is 0 Å². The van der Waals surface area contributed by atoms with Crippen molar-refractivity contribution in [3.05, 3.63) is 16.0 Å². The van der Waals surface area contributed by atoms with Crippen LogP contribution in [0, 0.1) is 0 Å². The van der Waals surface area contributed by atoms with Gasteiger partial charge in [0.1, 0.15) is 5.00 Å². The highest BCUT2D eigenvalue weighted by molar-refractivity contribution is 7.16. The monoisotopic (exact) mass is 212 g/mol. The topological polar surface area (TPSA) is 64.3 Å². The molecule has 0 atom stereocenters. The fourth-order valence-corrected chi connectivity index (χ4v) is 2.81. The Morgan fingerprint density at radius 1 is 1.64 bits per heavy atom. The predicted molar refractivity (Wildman–Crippen MR) is 55.7 cm³/mol. The van der Waals surface area contributed by atoms with Gasteiger partial charge in [-0.15, -0.1) is 11.3 Å². The van der Waals surface area contributed by atoms with Crippen LogP contribution in [0.4, 0.5) is 5.00 Å². The molecule has 14 heavy (non-hydrogen) atoms. The molecular weight excluding hydrogens is 200 g/mol. The van der Waals surface area contributed by atoms with Gasteiger partial charge < -0.3 is 15.8 Å². The molecule has 0 bridgehead atoms. The van der Waals surface area contributed by atoms with Crippen LogP contribution in [-0.4, -0.2) is 19.6 Å². The molecule has 0 radical (unpaired) electrons. The SMILES string of the molecule is CNc1sc2c(c1C(N)=O)CCOC2. The molecule has 5 heteroatoms. The number of nitrogens with one attached hydrogen (secondary N) is 1.